The highest BCUT2D eigenvalue weighted by atomic mass is 16.5. The molecule has 0 unspecified atom stereocenters. The van der Waals surface area contributed by atoms with Crippen LogP contribution in [0.1, 0.15) is 11.6 Å². The van der Waals surface area contributed by atoms with Crippen LogP contribution >= 0.6 is 0 Å². The number of nitrogens with one attached hydrogen (secondary N) is 1. The normalized spacial score (nSPS) is 20.0. The Labute approximate surface area is 126 Å². The molecule has 0 saturated heterocycles. The van der Waals surface area contributed by atoms with Crippen LogP contribution in [0.25, 0.3) is 0 Å². The molecule has 1 aromatic heterocycles. The summed E-state index contributed by atoms with van der Waals surface area (Å²) in [5, 5.41) is 14.5. The van der Waals surface area contributed by atoms with Crippen LogP contribution in [0.3, 0.4) is 0 Å². The second kappa shape index (κ2) is 5.47. The molecule has 0 bridgehead atoms. The van der Waals surface area contributed by atoms with Gasteiger partial charge in [-0.25, -0.2) is 4.68 Å². The van der Waals surface area contributed by atoms with Crippen LogP contribution in [0.5, 0.6) is 5.75 Å². The van der Waals surface area contributed by atoms with Crippen LogP contribution in [-0.2, 0) is 9.53 Å². The minimum absolute atomic E-state index is 0.411. The second-order valence-electron chi connectivity index (χ2n) is 4.82. The first-order valence-electron chi connectivity index (χ1n) is 6.61. The lowest BCUT2D eigenvalue weighted by Crippen LogP contribution is -2.37. The summed E-state index contributed by atoms with van der Waals surface area (Å²) >= 11 is 0. The van der Waals surface area contributed by atoms with Gasteiger partial charge in [0.05, 0.1) is 14.2 Å². The smallest absolute Gasteiger partial charge is 0.317 e. The average molecular weight is 301 g/mol. The van der Waals surface area contributed by atoms with E-state index in [-0.39, 0.29) is 0 Å². The van der Waals surface area contributed by atoms with E-state index >= 15 is 0 Å². The Balaban J connectivity index is 2.14. The molecule has 8 nitrogen and oxygen atoms in total. The maximum atomic E-state index is 12.2. The summed E-state index contributed by atoms with van der Waals surface area (Å²) in [7, 11) is 2.92. The fraction of sp³-hybridized carbons (Fsp3) is 0.286. The predicted octanol–water partition coefficient (Wildman–Crippen LogP) is 0.999. The molecule has 3 rings (SSSR count). The van der Waals surface area contributed by atoms with Gasteiger partial charge in [0.25, 0.3) is 0 Å². The number of carbonyl (C=O) groups excluding carboxylic acids is 1. The molecular formula is C14H15N5O3. The number of rotatable bonds is 3. The number of aromatic nitrogens is 4. The van der Waals surface area contributed by atoms with Crippen LogP contribution in [0.15, 0.2) is 36.5 Å². The Bertz CT molecular complexity index is 727. The van der Waals surface area contributed by atoms with Crippen molar-refractivity contribution in [2.24, 2.45) is 5.92 Å². The van der Waals surface area contributed by atoms with Gasteiger partial charge in [-0.3, -0.25) is 4.79 Å². The number of methoxy groups -OCH3 is 2. The molecule has 2 aromatic rings. The lowest BCUT2D eigenvalue weighted by Gasteiger charge is -2.32. The standard InChI is InChI=1S/C14H15N5O3/c1-8-11(13(20)22-3)12(19-14(15-8)16-17-18-19)9-5-4-6-10(7-9)21-2/h4-7,11-12H,1H2,2-3H3,(H,15,16,18)/t11-,12+/m0/s1. The molecule has 0 aliphatic carbocycles. The highest BCUT2D eigenvalue weighted by molar-refractivity contribution is 5.78. The molecule has 1 N–H and O–H groups in total. The highest BCUT2D eigenvalue weighted by Gasteiger charge is 2.40. The predicted molar refractivity (Wildman–Crippen MR) is 77.2 cm³/mol. The number of hydrogen-bond acceptors (Lipinski definition) is 7. The van der Waals surface area contributed by atoms with E-state index in [1.165, 1.54) is 7.11 Å². The SMILES string of the molecule is C=C1Nc2nnnn2[C@H](c2cccc(OC)c2)[C@H]1C(=O)OC. The monoisotopic (exact) mass is 301 g/mol. The van der Waals surface area contributed by atoms with Crippen LogP contribution in [-0.4, -0.2) is 40.4 Å². The van der Waals surface area contributed by atoms with Gasteiger partial charge in [-0.2, -0.15) is 0 Å². The zero-order chi connectivity index (χ0) is 15.7. The molecular weight excluding hydrogens is 286 g/mol. The summed E-state index contributed by atoms with van der Waals surface area (Å²) in [6.45, 7) is 3.91. The number of carbonyl (C=O) groups is 1. The molecule has 0 fully saturated rings. The molecule has 2 heterocycles. The van der Waals surface area contributed by atoms with Crippen LogP contribution < -0.4 is 10.1 Å². The fourth-order valence-electron chi connectivity index (χ4n) is 2.57. The van der Waals surface area contributed by atoms with Gasteiger partial charge in [-0.15, -0.1) is 0 Å². The molecule has 1 aliphatic heterocycles. The van der Waals surface area contributed by atoms with Crippen molar-refractivity contribution in [1.29, 1.82) is 0 Å². The molecule has 22 heavy (non-hydrogen) atoms. The van der Waals surface area contributed by atoms with Crippen LogP contribution in [0, 0.1) is 5.92 Å². The third-order valence-corrected chi connectivity index (χ3v) is 3.61. The number of tetrazole rings is 1. The molecule has 0 saturated carbocycles. The Morgan fingerprint density at radius 1 is 1.41 bits per heavy atom. The molecule has 114 valence electrons. The Morgan fingerprint density at radius 3 is 2.95 bits per heavy atom. The minimum atomic E-state index is -0.645. The van der Waals surface area contributed by atoms with Crippen LogP contribution in [0.2, 0.25) is 0 Å². The first kappa shape index (κ1) is 14.1. The molecule has 1 aliphatic rings. The Hall–Kier alpha value is -2.90. The molecule has 0 radical (unpaired) electrons. The average Bonchev–Trinajstić information content (AvgIpc) is 3.00. The Morgan fingerprint density at radius 2 is 2.23 bits per heavy atom. The van der Waals surface area contributed by atoms with Crippen molar-refractivity contribution in [3.8, 4) is 5.75 Å². The Kier molecular flexibility index (Phi) is 3.50. The lowest BCUT2D eigenvalue weighted by molar-refractivity contribution is -0.145. The molecule has 1 aromatic carbocycles. The second-order valence-corrected chi connectivity index (χ2v) is 4.82. The minimum Gasteiger partial charge on any atom is -0.497 e. The van der Waals surface area contributed by atoms with E-state index in [4.69, 9.17) is 9.47 Å². The van der Waals surface area contributed by atoms with Gasteiger partial charge in [0.15, 0.2) is 0 Å². The number of anilines is 1. The maximum Gasteiger partial charge on any atom is 0.317 e. The van der Waals surface area contributed by atoms with Crippen molar-refractivity contribution in [2.75, 3.05) is 19.5 Å². The maximum absolute atomic E-state index is 12.2. The largest absolute Gasteiger partial charge is 0.497 e. The zero-order valence-corrected chi connectivity index (χ0v) is 12.2. The number of esters is 1. The van der Waals surface area contributed by atoms with E-state index in [2.05, 4.69) is 27.4 Å². The van der Waals surface area contributed by atoms with E-state index in [1.807, 2.05) is 24.3 Å². The summed E-state index contributed by atoms with van der Waals surface area (Å²) < 4.78 is 11.7. The zero-order valence-electron chi connectivity index (χ0n) is 12.2. The summed E-state index contributed by atoms with van der Waals surface area (Å²) in [6.07, 6.45) is 0. The fourth-order valence-corrected chi connectivity index (χ4v) is 2.57. The first-order chi connectivity index (χ1) is 10.7. The summed E-state index contributed by atoms with van der Waals surface area (Å²) in [4.78, 5) is 12.2. The van der Waals surface area contributed by atoms with E-state index in [1.54, 1.807) is 11.8 Å². The lowest BCUT2D eigenvalue weighted by atomic mass is 9.89. The number of nitrogens with zero attached hydrogens (tertiary/aromatic N) is 4. The van der Waals surface area contributed by atoms with Gasteiger partial charge in [0.2, 0.25) is 5.95 Å². The molecule has 2 atom stereocenters. The van der Waals surface area contributed by atoms with Crippen molar-refractivity contribution >= 4 is 11.9 Å². The van der Waals surface area contributed by atoms with E-state index in [9.17, 15) is 4.79 Å². The van der Waals surface area contributed by atoms with E-state index in [0.717, 1.165) is 5.56 Å². The third kappa shape index (κ3) is 2.18. The van der Waals surface area contributed by atoms with Crippen molar-refractivity contribution in [3.05, 3.63) is 42.1 Å². The van der Waals surface area contributed by atoms with Crippen molar-refractivity contribution < 1.29 is 14.3 Å². The number of fused-ring (bicyclic) bond motifs is 1. The number of ether oxygens (including phenoxy) is 2. The molecule has 0 spiro atoms. The van der Waals surface area contributed by atoms with Crippen LogP contribution in [0.4, 0.5) is 5.95 Å². The van der Waals surface area contributed by atoms with Crippen molar-refractivity contribution in [1.82, 2.24) is 20.2 Å². The first-order valence-corrected chi connectivity index (χ1v) is 6.61. The summed E-state index contributed by atoms with van der Waals surface area (Å²) in [5.41, 5.74) is 1.31. The molecule has 0 amide bonds. The number of benzene rings is 1. The van der Waals surface area contributed by atoms with E-state index < -0.39 is 17.9 Å². The third-order valence-electron chi connectivity index (χ3n) is 3.61. The van der Waals surface area contributed by atoms with Gasteiger partial charge < -0.3 is 14.8 Å². The highest BCUT2D eigenvalue weighted by Crippen LogP contribution is 2.38. The van der Waals surface area contributed by atoms with Gasteiger partial charge in [-0.1, -0.05) is 23.8 Å². The molecule has 8 heteroatoms. The van der Waals surface area contributed by atoms with Crippen molar-refractivity contribution in [3.63, 3.8) is 0 Å². The number of hydrogen-bond donors (Lipinski definition) is 1. The van der Waals surface area contributed by atoms with Gasteiger partial charge in [0.1, 0.15) is 17.7 Å². The summed E-state index contributed by atoms with van der Waals surface area (Å²) in [5.74, 6) is 0.0532. The quantitative estimate of drug-likeness (QED) is 0.845. The van der Waals surface area contributed by atoms with Gasteiger partial charge in [-0.05, 0) is 28.1 Å². The van der Waals surface area contributed by atoms with Gasteiger partial charge in [0, 0.05) is 5.70 Å². The van der Waals surface area contributed by atoms with Gasteiger partial charge >= 0.3 is 5.97 Å². The summed E-state index contributed by atoms with van der Waals surface area (Å²) in [6, 6.07) is 6.93. The van der Waals surface area contributed by atoms with Crippen molar-refractivity contribution in [2.45, 2.75) is 6.04 Å². The van der Waals surface area contributed by atoms with E-state index in [0.29, 0.717) is 17.4 Å². The topological polar surface area (TPSA) is 91.2 Å².